The number of ether oxygens (including phenoxy) is 1. The summed E-state index contributed by atoms with van der Waals surface area (Å²) in [4.78, 5) is 13.9. The van der Waals surface area contributed by atoms with Crippen LogP contribution < -0.4 is 0 Å². The summed E-state index contributed by atoms with van der Waals surface area (Å²) in [5.74, 6) is 0.390. The lowest BCUT2D eigenvalue weighted by Gasteiger charge is -2.60. The van der Waals surface area contributed by atoms with Gasteiger partial charge in [0.2, 0.25) is 0 Å². The van der Waals surface area contributed by atoms with Crippen LogP contribution >= 0.6 is 0 Å². The highest BCUT2D eigenvalue weighted by Crippen LogP contribution is 2.76. The number of aliphatic hydroxyl groups is 3. The number of hydrogen-bond acceptors (Lipinski definition) is 5. The van der Waals surface area contributed by atoms with E-state index < -0.39 is 28.1 Å². The molecule has 8 unspecified atom stereocenters. The van der Waals surface area contributed by atoms with Crippen molar-refractivity contribution in [3.63, 3.8) is 0 Å². The highest BCUT2D eigenvalue weighted by Gasteiger charge is 2.83. The number of rotatable bonds is 4. The Bertz CT molecular complexity index is 995. The average Bonchev–Trinajstić information content (AvgIpc) is 3.13. The summed E-state index contributed by atoms with van der Waals surface area (Å²) in [5.41, 5.74) is -2.13. The summed E-state index contributed by atoms with van der Waals surface area (Å²) in [5, 5.41) is 34.5. The topological polar surface area (TPSA) is 87.0 Å². The molecular weight excluding hydrogens is 440 g/mol. The first-order valence-corrected chi connectivity index (χ1v) is 13.9. The molecule has 0 amide bonds. The smallest absolute Gasteiger partial charge is 0.317 e. The molecule has 3 N–H and O–H groups in total. The maximum atomic E-state index is 13.9. The van der Waals surface area contributed by atoms with Gasteiger partial charge in [-0.25, -0.2) is 0 Å². The van der Waals surface area contributed by atoms with Gasteiger partial charge < -0.3 is 20.1 Å². The summed E-state index contributed by atoms with van der Waals surface area (Å²) in [7, 11) is 0. The van der Waals surface area contributed by atoms with Crippen molar-refractivity contribution in [1.82, 2.24) is 0 Å². The van der Waals surface area contributed by atoms with E-state index in [0.29, 0.717) is 37.5 Å². The molecule has 1 saturated heterocycles. The van der Waals surface area contributed by atoms with Gasteiger partial charge in [0.1, 0.15) is 11.0 Å². The molecule has 1 aliphatic heterocycles. The average molecular weight is 487 g/mol. The van der Waals surface area contributed by atoms with E-state index >= 15 is 0 Å². The second-order valence-electron chi connectivity index (χ2n) is 14.1. The monoisotopic (exact) mass is 486 g/mol. The summed E-state index contributed by atoms with van der Waals surface area (Å²) in [6.07, 6.45) is 8.75. The Hall–Kier alpha value is -1.17. The van der Waals surface area contributed by atoms with E-state index in [9.17, 15) is 20.1 Å². The Labute approximate surface area is 211 Å². The van der Waals surface area contributed by atoms with Crippen molar-refractivity contribution >= 4 is 5.97 Å². The maximum Gasteiger partial charge on any atom is 0.317 e. The number of carbonyl (C=O) groups excluding carboxylic acids is 1. The molecular formula is C30H46O5. The van der Waals surface area contributed by atoms with Crippen LogP contribution in [0.2, 0.25) is 0 Å². The van der Waals surface area contributed by atoms with Gasteiger partial charge in [0.05, 0.1) is 12.2 Å². The first kappa shape index (κ1) is 25.5. The molecule has 3 fully saturated rings. The lowest BCUT2D eigenvalue weighted by molar-refractivity contribution is -0.187. The molecule has 8 atom stereocenters. The third-order valence-electron chi connectivity index (χ3n) is 11.9. The second kappa shape index (κ2) is 7.45. The molecule has 0 aromatic carbocycles. The second-order valence-corrected chi connectivity index (χ2v) is 14.1. The van der Waals surface area contributed by atoms with Gasteiger partial charge in [0.25, 0.3) is 0 Å². The number of cyclic esters (lactones) is 1. The SMILES string of the molecule is CC(C)CCC(O)C1(C)OC(=O)C23CC=C4C(=CCC5C4(C)CCC(O)C5(C)C)C2(C)CCC13O. The van der Waals surface area contributed by atoms with Crippen molar-refractivity contribution < 1.29 is 24.9 Å². The molecule has 5 heteroatoms. The fraction of sp³-hybridized carbons (Fsp3) is 0.833. The molecule has 5 rings (SSSR count). The van der Waals surface area contributed by atoms with Crippen LogP contribution in [0.1, 0.15) is 99.8 Å². The van der Waals surface area contributed by atoms with Crippen molar-refractivity contribution in [2.45, 2.75) is 123 Å². The van der Waals surface area contributed by atoms with Gasteiger partial charge >= 0.3 is 5.97 Å². The van der Waals surface area contributed by atoms with E-state index in [1.807, 2.05) is 0 Å². The largest absolute Gasteiger partial charge is 0.453 e. The van der Waals surface area contributed by atoms with E-state index in [2.05, 4.69) is 53.7 Å². The lowest BCUT2D eigenvalue weighted by atomic mass is 9.43. The Morgan fingerprint density at radius 2 is 1.71 bits per heavy atom. The minimum absolute atomic E-state index is 0.0687. The molecule has 35 heavy (non-hydrogen) atoms. The maximum absolute atomic E-state index is 13.9. The zero-order valence-corrected chi connectivity index (χ0v) is 22.8. The first-order chi connectivity index (χ1) is 16.1. The highest BCUT2D eigenvalue weighted by molar-refractivity contribution is 5.87. The predicted molar refractivity (Wildman–Crippen MR) is 135 cm³/mol. The molecule has 196 valence electrons. The first-order valence-electron chi connectivity index (χ1n) is 13.9. The molecule has 0 aromatic heterocycles. The summed E-state index contributed by atoms with van der Waals surface area (Å²) >= 11 is 0. The highest BCUT2D eigenvalue weighted by atomic mass is 16.6. The number of fused-ring (bicyclic) bond motifs is 4. The zero-order chi connectivity index (χ0) is 25.8. The molecule has 1 spiro atoms. The zero-order valence-electron chi connectivity index (χ0n) is 22.8. The number of allylic oxidation sites excluding steroid dienone is 4. The van der Waals surface area contributed by atoms with Gasteiger partial charge in [-0.2, -0.15) is 0 Å². The molecule has 5 nitrogen and oxygen atoms in total. The number of esters is 1. The van der Waals surface area contributed by atoms with E-state index in [4.69, 9.17) is 4.74 Å². The van der Waals surface area contributed by atoms with E-state index in [-0.39, 0.29) is 22.9 Å². The molecule has 4 aliphatic carbocycles. The minimum Gasteiger partial charge on any atom is -0.453 e. The lowest BCUT2D eigenvalue weighted by Crippen LogP contribution is -2.64. The molecule has 0 radical (unpaired) electrons. The molecule has 5 aliphatic rings. The van der Waals surface area contributed by atoms with Crippen LogP contribution in [0.15, 0.2) is 23.3 Å². The van der Waals surface area contributed by atoms with Gasteiger partial charge in [0, 0.05) is 5.41 Å². The number of hydrogen-bond donors (Lipinski definition) is 3. The summed E-state index contributed by atoms with van der Waals surface area (Å²) in [6, 6.07) is 0. The molecule has 1 heterocycles. The van der Waals surface area contributed by atoms with Crippen LogP contribution in [-0.4, -0.2) is 44.7 Å². The van der Waals surface area contributed by atoms with Gasteiger partial charge in [0.15, 0.2) is 5.60 Å². The Balaban J connectivity index is 1.59. The van der Waals surface area contributed by atoms with Crippen molar-refractivity contribution in [3.05, 3.63) is 23.3 Å². The quantitative estimate of drug-likeness (QED) is 0.483. The minimum atomic E-state index is -1.43. The van der Waals surface area contributed by atoms with Crippen molar-refractivity contribution in [2.24, 2.45) is 33.5 Å². The standard InChI is InChI=1S/C30H46O5/c1-18(2)8-11-23(32)28(7)30(34)17-16-27(6)20-9-10-21-25(3,4)22(31)13-14-26(21,5)19(20)12-15-29(27,30)24(33)35-28/h9,12,18,21-23,31-32,34H,8,10-11,13-17H2,1-7H3. The van der Waals surface area contributed by atoms with E-state index in [0.717, 1.165) is 25.7 Å². The van der Waals surface area contributed by atoms with Crippen LogP contribution in [0.25, 0.3) is 0 Å². The van der Waals surface area contributed by atoms with Crippen LogP contribution in [0.4, 0.5) is 0 Å². The van der Waals surface area contributed by atoms with Crippen LogP contribution in [0, 0.1) is 33.5 Å². The Morgan fingerprint density at radius 3 is 2.37 bits per heavy atom. The van der Waals surface area contributed by atoms with Gasteiger partial charge in [-0.05, 0) is 92.1 Å². The number of carbonyl (C=O) groups is 1. The molecule has 0 aromatic rings. The number of aliphatic hydroxyl groups excluding tert-OH is 2. The fourth-order valence-electron chi connectivity index (χ4n) is 9.39. The summed E-state index contributed by atoms with van der Waals surface area (Å²) in [6.45, 7) is 14.9. The molecule has 0 bridgehead atoms. The van der Waals surface area contributed by atoms with E-state index in [1.54, 1.807) is 6.92 Å². The Morgan fingerprint density at radius 1 is 1.03 bits per heavy atom. The van der Waals surface area contributed by atoms with Gasteiger partial charge in [-0.3, -0.25) is 4.79 Å². The fourth-order valence-corrected chi connectivity index (χ4v) is 9.39. The normalized spacial score (nSPS) is 48.8. The van der Waals surface area contributed by atoms with Crippen molar-refractivity contribution in [1.29, 1.82) is 0 Å². The summed E-state index contributed by atoms with van der Waals surface area (Å²) < 4.78 is 6.07. The third-order valence-corrected chi connectivity index (χ3v) is 11.9. The van der Waals surface area contributed by atoms with Crippen molar-refractivity contribution in [3.8, 4) is 0 Å². The third kappa shape index (κ3) is 2.79. The van der Waals surface area contributed by atoms with Crippen LogP contribution in [0.5, 0.6) is 0 Å². The van der Waals surface area contributed by atoms with Crippen molar-refractivity contribution in [2.75, 3.05) is 0 Å². The molecule has 2 saturated carbocycles. The predicted octanol–water partition coefficient (Wildman–Crippen LogP) is 5.08. The van der Waals surface area contributed by atoms with Gasteiger partial charge in [-0.15, -0.1) is 0 Å². The van der Waals surface area contributed by atoms with Gasteiger partial charge in [-0.1, -0.05) is 53.7 Å². The van der Waals surface area contributed by atoms with E-state index in [1.165, 1.54) is 11.1 Å². The van der Waals surface area contributed by atoms with Crippen LogP contribution in [0.3, 0.4) is 0 Å². The Kier molecular flexibility index (Phi) is 5.42. The van der Waals surface area contributed by atoms with Crippen LogP contribution in [-0.2, 0) is 9.53 Å².